The summed E-state index contributed by atoms with van der Waals surface area (Å²) in [6.45, 7) is 3.43. The number of carbonyl (C=O) groups excluding carboxylic acids is 1. The number of rotatable bonds is 11. The topological polar surface area (TPSA) is 84.6 Å². The molecule has 0 aromatic heterocycles. The number of anilines is 1. The normalized spacial score (nSPS) is 16.1. The van der Waals surface area contributed by atoms with Gasteiger partial charge in [-0.05, 0) is 78.1 Å². The molecule has 4 N–H and O–H groups in total. The maximum Gasteiger partial charge on any atom is 0.338 e. The van der Waals surface area contributed by atoms with Crippen molar-refractivity contribution >= 4 is 27.6 Å². The lowest BCUT2D eigenvalue weighted by molar-refractivity contribution is 0.0496. The Hall–Kier alpha value is -1.11. The van der Waals surface area contributed by atoms with Gasteiger partial charge in [-0.3, -0.25) is 0 Å². The minimum absolute atomic E-state index is 0.175. The minimum Gasteiger partial charge on any atom is -0.462 e. The van der Waals surface area contributed by atoms with Gasteiger partial charge in [-0.1, -0.05) is 26.2 Å². The maximum atomic E-state index is 12.4. The first-order valence-corrected chi connectivity index (χ1v) is 11.4. The molecular formula is C22H35BrN2O3. The molecular weight excluding hydrogens is 420 g/mol. The van der Waals surface area contributed by atoms with E-state index in [9.17, 15) is 4.79 Å². The van der Waals surface area contributed by atoms with Crippen LogP contribution in [0, 0.1) is 5.92 Å². The number of aliphatic hydroxyl groups excluding tert-OH is 1. The molecule has 0 bridgehead atoms. The largest absolute Gasteiger partial charge is 0.462 e. The smallest absolute Gasteiger partial charge is 0.338 e. The van der Waals surface area contributed by atoms with E-state index in [4.69, 9.17) is 15.6 Å². The number of carbonyl (C=O) groups is 1. The van der Waals surface area contributed by atoms with Crippen molar-refractivity contribution in [1.82, 2.24) is 5.32 Å². The van der Waals surface area contributed by atoms with Crippen molar-refractivity contribution in [2.24, 2.45) is 5.92 Å². The zero-order chi connectivity index (χ0) is 20.4. The monoisotopic (exact) mass is 454 g/mol. The molecule has 0 radical (unpaired) electrons. The van der Waals surface area contributed by atoms with Gasteiger partial charge in [0.05, 0.1) is 17.9 Å². The van der Waals surface area contributed by atoms with E-state index in [-0.39, 0.29) is 12.6 Å². The number of nitrogens with one attached hydrogen (secondary N) is 1. The molecule has 1 aromatic carbocycles. The number of halogens is 1. The highest BCUT2D eigenvalue weighted by atomic mass is 79.9. The molecule has 0 saturated heterocycles. The molecule has 1 fully saturated rings. The molecule has 1 aliphatic rings. The Morgan fingerprint density at radius 2 is 2.04 bits per heavy atom. The highest BCUT2D eigenvalue weighted by Gasteiger charge is 2.22. The van der Waals surface area contributed by atoms with Gasteiger partial charge in [-0.25, -0.2) is 4.79 Å². The number of aliphatic hydroxyl groups is 1. The van der Waals surface area contributed by atoms with Crippen LogP contribution in [0.5, 0.6) is 0 Å². The third-order valence-corrected chi connectivity index (χ3v) is 6.36. The van der Waals surface area contributed by atoms with Crippen molar-refractivity contribution < 1.29 is 14.6 Å². The summed E-state index contributed by atoms with van der Waals surface area (Å²) < 4.78 is 6.09. The van der Waals surface area contributed by atoms with Crippen LogP contribution in [-0.4, -0.2) is 30.3 Å². The van der Waals surface area contributed by atoms with E-state index in [1.165, 1.54) is 32.1 Å². The third kappa shape index (κ3) is 7.05. The lowest BCUT2D eigenvalue weighted by Gasteiger charge is -2.30. The van der Waals surface area contributed by atoms with Crippen molar-refractivity contribution in [3.63, 3.8) is 0 Å². The van der Waals surface area contributed by atoms with Crippen LogP contribution in [0.1, 0.15) is 80.6 Å². The number of ether oxygens (including phenoxy) is 1. The molecule has 6 heteroatoms. The minimum atomic E-state index is -0.328. The van der Waals surface area contributed by atoms with Crippen molar-refractivity contribution in [2.45, 2.75) is 77.3 Å². The van der Waals surface area contributed by atoms with E-state index in [1.54, 1.807) is 6.07 Å². The van der Waals surface area contributed by atoms with Crippen molar-refractivity contribution in [2.75, 3.05) is 18.9 Å². The van der Waals surface area contributed by atoms with Crippen LogP contribution in [-0.2, 0) is 11.3 Å². The van der Waals surface area contributed by atoms with Crippen LogP contribution in [0.25, 0.3) is 0 Å². The number of nitrogen functional groups attached to an aromatic ring is 1. The summed E-state index contributed by atoms with van der Waals surface area (Å²) in [5.41, 5.74) is 8.37. The highest BCUT2D eigenvalue weighted by Crippen LogP contribution is 2.29. The number of unbranched alkanes of at least 4 members (excludes halogenated alkanes) is 2. The van der Waals surface area contributed by atoms with Gasteiger partial charge in [0.25, 0.3) is 0 Å². The quantitative estimate of drug-likeness (QED) is 0.254. The predicted molar refractivity (Wildman–Crippen MR) is 117 cm³/mol. The molecule has 1 aromatic rings. The lowest BCUT2D eigenvalue weighted by atomic mass is 9.83. The van der Waals surface area contributed by atoms with Crippen LogP contribution in [0.15, 0.2) is 16.6 Å². The average Bonchev–Trinajstić information content (AvgIpc) is 2.71. The van der Waals surface area contributed by atoms with E-state index < -0.39 is 0 Å². The molecule has 0 heterocycles. The highest BCUT2D eigenvalue weighted by molar-refractivity contribution is 9.10. The number of hydrogen-bond acceptors (Lipinski definition) is 5. The van der Waals surface area contributed by atoms with Gasteiger partial charge in [-0.15, -0.1) is 0 Å². The van der Waals surface area contributed by atoms with Gasteiger partial charge in [0.1, 0.15) is 0 Å². The predicted octanol–water partition coefficient (Wildman–Crippen LogP) is 4.80. The van der Waals surface area contributed by atoms with E-state index in [0.717, 1.165) is 41.6 Å². The Morgan fingerprint density at radius 3 is 2.71 bits per heavy atom. The third-order valence-electron chi connectivity index (χ3n) is 5.70. The Morgan fingerprint density at radius 1 is 1.29 bits per heavy atom. The fourth-order valence-corrected chi connectivity index (χ4v) is 4.50. The number of nitrogens with two attached hydrogens (primary N) is 1. The van der Waals surface area contributed by atoms with Gasteiger partial charge in [0, 0.05) is 23.7 Å². The summed E-state index contributed by atoms with van der Waals surface area (Å²) in [5.74, 6) is 0.403. The van der Waals surface area contributed by atoms with Crippen LogP contribution in [0.2, 0.25) is 0 Å². The number of esters is 1. The van der Waals surface area contributed by atoms with Crippen LogP contribution in [0.3, 0.4) is 0 Å². The summed E-state index contributed by atoms with van der Waals surface area (Å²) in [7, 11) is 0. The standard InChI is InChI=1S/C22H35BrN2O3/c1-2-20(16-9-5-3-6-10-16)25-15-18-13-17(14-19(23)21(18)24)22(27)28-12-8-4-7-11-26/h13-14,16,20,25-26H,2-12,15,24H2,1H3. The van der Waals surface area contributed by atoms with Gasteiger partial charge < -0.3 is 20.9 Å². The molecule has 0 aliphatic heterocycles. The van der Waals surface area contributed by atoms with Crippen molar-refractivity contribution in [3.8, 4) is 0 Å². The molecule has 28 heavy (non-hydrogen) atoms. The second-order valence-corrected chi connectivity index (χ2v) is 8.60. The first-order valence-electron chi connectivity index (χ1n) is 10.7. The van der Waals surface area contributed by atoms with E-state index in [1.807, 2.05) is 6.07 Å². The Labute approximate surface area is 177 Å². The zero-order valence-corrected chi connectivity index (χ0v) is 18.6. The van der Waals surface area contributed by atoms with E-state index in [0.29, 0.717) is 30.4 Å². The first-order chi connectivity index (χ1) is 13.6. The maximum absolute atomic E-state index is 12.4. The van der Waals surface area contributed by atoms with E-state index in [2.05, 4.69) is 28.2 Å². The van der Waals surface area contributed by atoms with Gasteiger partial charge in [0.15, 0.2) is 0 Å². The second kappa shape index (κ2) is 12.5. The molecule has 1 saturated carbocycles. The molecule has 0 amide bonds. The Kier molecular flexibility index (Phi) is 10.3. The first kappa shape index (κ1) is 23.2. The van der Waals surface area contributed by atoms with Gasteiger partial charge in [-0.2, -0.15) is 0 Å². The molecule has 2 rings (SSSR count). The molecule has 158 valence electrons. The number of benzene rings is 1. The lowest BCUT2D eigenvalue weighted by Crippen LogP contribution is -2.36. The second-order valence-electron chi connectivity index (χ2n) is 7.74. The SMILES string of the molecule is CCC(NCc1cc(C(=O)OCCCCCO)cc(Br)c1N)C1CCCCC1. The number of hydrogen-bond donors (Lipinski definition) is 3. The average molecular weight is 455 g/mol. The summed E-state index contributed by atoms with van der Waals surface area (Å²) in [4.78, 5) is 12.4. The summed E-state index contributed by atoms with van der Waals surface area (Å²) in [6.07, 6.45) is 10.1. The fraction of sp³-hybridized carbons (Fsp3) is 0.682. The Bertz CT molecular complexity index is 618. The summed E-state index contributed by atoms with van der Waals surface area (Å²) >= 11 is 3.48. The fourth-order valence-electron chi connectivity index (χ4n) is 4.00. The molecule has 1 unspecified atom stereocenters. The van der Waals surface area contributed by atoms with Crippen LogP contribution < -0.4 is 11.1 Å². The van der Waals surface area contributed by atoms with Gasteiger partial charge >= 0.3 is 5.97 Å². The summed E-state index contributed by atoms with van der Waals surface area (Å²) in [6, 6.07) is 4.06. The molecule has 0 spiro atoms. The Balaban J connectivity index is 1.96. The van der Waals surface area contributed by atoms with Crippen molar-refractivity contribution in [1.29, 1.82) is 0 Å². The zero-order valence-electron chi connectivity index (χ0n) is 17.0. The van der Waals surface area contributed by atoms with E-state index >= 15 is 0 Å². The van der Waals surface area contributed by atoms with Crippen LogP contribution in [0.4, 0.5) is 5.69 Å². The summed E-state index contributed by atoms with van der Waals surface area (Å²) in [5, 5.41) is 12.5. The van der Waals surface area contributed by atoms with Crippen molar-refractivity contribution in [3.05, 3.63) is 27.7 Å². The molecule has 1 atom stereocenters. The molecule has 1 aliphatic carbocycles. The van der Waals surface area contributed by atoms with Crippen LogP contribution >= 0.6 is 15.9 Å². The molecule has 5 nitrogen and oxygen atoms in total. The van der Waals surface area contributed by atoms with Gasteiger partial charge in [0.2, 0.25) is 0 Å².